The Labute approximate surface area is 219 Å². The first-order valence-corrected chi connectivity index (χ1v) is 12.8. The van der Waals surface area contributed by atoms with Crippen LogP contribution in [0.15, 0.2) is 71.6 Å². The van der Waals surface area contributed by atoms with Crippen molar-refractivity contribution in [2.75, 3.05) is 18.0 Å². The third-order valence-electron chi connectivity index (χ3n) is 5.87. The predicted octanol–water partition coefficient (Wildman–Crippen LogP) is 7.14. The summed E-state index contributed by atoms with van der Waals surface area (Å²) in [5, 5.41) is -0.236. The summed E-state index contributed by atoms with van der Waals surface area (Å²) < 4.78 is 19.6. The van der Waals surface area contributed by atoms with E-state index in [2.05, 4.69) is 18.7 Å². The summed E-state index contributed by atoms with van der Waals surface area (Å²) >= 11 is 6.97. The molecule has 3 aromatic rings. The van der Waals surface area contributed by atoms with Crippen molar-refractivity contribution in [1.82, 2.24) is 4.90 Å². The average molecular weight is 525 g/mol. The van der Waals surface area contributed by atoms with E-state index < -0.39 is 17.0 Å². The monoisotopic (exact) mass is 524 g/mol. The van der Waals surface area contributed by atoms with E-state index in [-0.39, 0.29) is 11.6 Å². The SMILES string of the molecule is CCN(CC)c1ccc(/C=C2\SC(=O)N(Cc3ccc(F)cc3Cl)C2=O)c(OCc2ccccc2)c1. The maximum absolute atomic E-state index is 13.4. The van der Waals surface area contributed by atoms with E-state index in [0.29, 0.717) is 28.4 Å². The van der Waals surface area contributed by atoms with Gasteiger partial charge in [0.05, 0.1) is 11.4 Å². The normalized spacial score (nSPS) is 14.6. The summed E-state index contributed by atoms with van der Waals surface area (Å²) in [5.41, 5.74) is 3.23. The molecule has 1 aliphatic heterocycles. The summed E-state index contributed by atoms with van der Waals surface area (Å²) in [7, 11) is 0. The van der Waals surface area contributed by atoms with Gasteiger partial charge in [0.2, 0.25) is 0 Å². The van der Waals surface area contributed by atoms with Gasteiger partial charge in [-0.05, 0) is 67.1 Å². The minimum atomic E-state index is -0.478. The lowest BCUT2D eigenvalue weighted by Gasteiger charge is -2.22. The maximum atomic E-state index is 13.4. The standard InChI is InChI=1S/C28H26ClFN2O3S/c1-3-31(4-2)23-13-11-20(25(16-23)35-18-19-8-6-5-7-9-19)14-26-27(33)32(28(34)36-26)17-21-10-12-22(30)15-24(21)29/h5-16H,3-4,17-18H2,1-2H3/b26-14-. The first kappa shape index (κ1) is 25.8. The van der Waals surface area contributed by atoms with E-state index in [4.69, 9.17) is 16.3 Å². The van der Waals surface area contributed by atoms with Gasteiger partial charge >= 0.3 is 0 Å². The molecular weight excluding hydrogens is 499 g/mol. The fraction of sp³-hybridized carbons (Fsp3) is 0.214. The van der Waals surface area contributed by atoms with Gasteiger partial charge in [-0.2, -0.15) is 0 Å². The lowest BCUT2D eigenvalue weighted by atomic mass is 10.1. The van der Waals surface area contributed by atoms with Crippen molar-refractivity contribution in [3.8, 4) is 5.75 Å². The molecule has 0 spiro atoms. The van der Waals surface area contributed by atoms with Gasteiger partial charge in [0.25, 0.3) is 11.1 Å². The van der Waals surface area contributed by atoms with Gasteiger partial charge < -0.3 is 9.64 Å². The van der Waals surface area contributed by atoms with Crippen molar-refractivity contribution in [3.05, 3.63) is 99.2 Å². The van der Waals surface area contributed by atoms with Crippen LogP contribution in [0.25, 0.3) is 6.08 Å². The Hall–Kier alpha value is -3.29. The molecule has 0 radical (unpaired) electrons. The lowest BCUT2D eigenvalue weighted by molar-refractivity contribution is -0.123. The minimum absolute atomic E-state index is 0.0284. The number of halogens is 2. The second-order valence-electron chi connectivity index (χ2n) is 8.17. The molecule has 0 atom stereocenters. The molecule has 2 amide bonds. The smallest absolute Gasteiger partial charge is 0.293 e. The largest absolute Gasteiger partial charge is 0.488 e. The fourth-order valence-electron chi connectivity index (χ4n) is 3.89. The molecule has 5 nitrogen and oxygen atoms in total. The number of hydrogen-bond acceptors (Lipinski definition) is 5. The highest BCUT2D eigenvalue weighted by Gasteiger charge is 2.35. The number of thioether (sulfide) groups is 1. The van der Waals surface area contributed by atoms with Crippen LogP contribution >= 0.6 is 23.4 Å². The third kappa shape index (κ3) is 5.91. The number of imide groups is 1. The van der Waals surface area contributed by atoms with Gasteiger partial charge in [0.1, 0.15) is 18.2 Å². The average Bonchev–Trinajstić information content (AvgIpc) is 3.14. The first-order valence-electron chi connectivity index (χ1n) is 11.6. The van der Waals surface area contributed by atoms with E-state index >= 15 is 0 Å². The number of nitrogens with zero attached hydrogens (tertiary/aromatic N) is 2. The second-order valence-corrected chi connectivity index (χ2v) is 9.57. The number of carbonyl (C=O) groups is 2. The lowest BCUT2D eigenvalue weighted by Crippen LogP contribution is -2.27. The first-order chi connectivity index (χ1) is 17.4. The molecule has 0 saturated carbocycles. The zero-order chi connectivity index (χ0) is 25.7. The number of amides is 2. The number of carbonyl (C=O) groups excluding carboxylic acids is 2. The van der Waals surface area contributed by atoms with Crippen molar-refractivity contribution >= 4 is 46.3 Å². The number of rotatable bonds is 9. The van der Waals surface area contributed by atoms with Gasteiger partial charge in [0, 0.05) is 35.4 Å². The molecule has 0 N–H and O–H groups in total. The molecule has 1 saturated heterocycles. The quantitative estimate of drug-likeness (QED) is 0.278. The predicted molar refractivity (Wildman–Crippen MR) is 144 cm³/mol. The molecule has 3 aromatic carbocycles. The molecule has 36 heavy (non-hydrogen) atoms. The van der Waals surface area contributed by atoms with Gasteiger partial charge in [-0.3, -0.25) is 14.5 Å². The zero-order valence-electron chi connectivity index (χ0n) is 20.0. The van der Waals surface area contributed by atoms with Crippen molar-refractivity contribution in [2.24, 2.45) is 0 Å². The highest BCUT2D eigenvalue weighted by Crippen LogP contribution is 2.37. The maximum Gasteiger partial charge on any atom is 0.293 e. The second kappa shape index (κ2) is 11.6. The van der Waals surface area contributed by atoms with Gasteiger partial charge in [-0.15, -0.1) is 0 Å². The molecule has 1 fully saturated rings. The van der Waals surface area contributed by atoms with E-state index in [1.807, 2.05) is 48.5 Å². The van der Waals surface area contributed by atoms with Crippen LogP contribution in [0.4, 0.5) is 14.9 Å². The molecule has 4 rings (SSSR count). The Kier molecular flexibility index (Phi) is 8.33. The minimum Gasteiger partial charge on any atom is -0.488 e. The van der Waals surface area contributed by atoms with Crippen LogP contribution in [-0.4, -0.2) is 29.1 Å². The Morgan fingerprint density at radius 1 is 1.03 bits per heavy atom. The number of benzene rings is 3. The van der Waals surface area contributed by atoms with Crippen molar-refractivity contribution in [1.29, 1.82) is 0 Å². The molecule has 0 aromatic heterocycles. The summed E-state index contributed by atoms with van der Waals surface area (Å²) in [5.74, 6) is -0.280. The summed E-state index contributed by atoms with van der Waals surface area (Å²) in [4.78, 5) is 29.4. The zero-order valence-corrected chi connectivity index (χ0v) is 21.6. The van der Waals surface area contributed by atoms with Crippen molar-refractivity contribution in [2.45, 2.75) is 27.0 Å². The highest BCUT2D eigenvalue weighted by atomic mass is 35.5. The van der Waals surface area contributed by atoms with Crippen LogP contribution in [0.5, 0.6) is 5.75 Å². The molecule has 1 aliphatic rings. The van der Waals surface area contributed by atoms with Crippen LogP contribution < -0.4 is 9.64 Å². The van der Waals surface area contributed by atoms with E-state index in [9.17, 15) is 14.0 Å². The molecule has 0 bridgehead atoms. The summed E-state index contributed by atoms with van der Waals surface area (Å²) in [6.07, 6.45) is 1.68. The van der Waals surface area contributed by atoms with E-state index in [0.717, 1.165) is 41.0 Å². The van der Waals surface area contributed by atoms with Crippen molar-refractivity contribution < 1.29 is 18.7 Å². The number of ether oxygens (including phenoxy) is 1. The molecule has 8 heteroatoms. The van der Waals surface area contributed by atoms with Gasteiger partial charge in [-0.1, -0.05) is 48.0 Å². The molecular formula is C28H26ClFN2O3S. The molecule has 186 valence electrons. The third-order valence-corrected chi connectivity index (χ3v) is 7.13. The van der Waals surface area contributed by atoms with Crippen LogP contribution in [0.1, 0.15) is 30.5 Å². The fourth-order valence-corrected chi connectivity index (χ4v) is 4.94. The van der Waals surface area contributed by atoms with Crippen molar-refractivity contribution in [3.63, 3.8) is 0 Å². The highest BCUT2D eigenvalue weighted by molar-refractivity contribution is 8.18. The number of hydrogen-bond donors (Lipinski definition) is 0. The van der Waals surface area contributed by atoms with Gasteiger partial charge in [0.15, 0.2) is 0 Å². The van der Waals surface area contributed by atoms with Crippen LogP contribution in [0.2, 0.25) is 5.02 Å². The van der Waals surface area contributed by atoms with Crippen LogP contribution in [0.3, 0.4) is 0 Å². The Morgan fingerprint density at radius 2 is 1.78 bits per heavy atom. The summed E-state index contributed by atoms with van der Waals surface area (Å²) in [6.45, 7) is 6.21. The number of anilines is 1. The Morgan fingerprint density at radius 3 is 2.47 bits per heavy atom. The van der Waals surface area contributed by atoms with Gasteiger partial charge in [-0.25, -0.2) is 4.39 Å². The van der Waals surface area contributed by atoms with Crippen LogP contribution in [-0.2, 0) is 17.9 Å². The topological polar surface area (TPSA) is 49.9 Å². The molecule has 0 unspecified atom stereocenters. The summed E-state index contributed by atoms with van der Waals surface area (Å²) in [6, 6.07) is 19.6. The van der Waals surface area contributed by atoms with Crippen LogP contribution in [0, 0.1) is 5.82 Å². The van der Waals surface area contributed by atoms with E-state index in [1.54, 1.807) is 6.08 Å². The molecule has 1 heterocycles. The Balaban J connectivity index is 1.61. The molecule has 0 aliphatic carbocycles. The van der Waals surface area contributed by atoms with E-state index in [1.165, 1.54) is 18.2 Å². The Bertz CT molecular complexity index is 1300.